The molecule has 4 heteroatoms. The topological polar surface area (TPSA) is 55.4 Å². The molecule has 1 aliphatic rings. The van der Waals surface area contributed by atoms with Crippen LogP contribution in [-0.2, 0) is 16.0 Å². The Kier molecular flexibility index (Phi) is 5.37. The Balaban J connectivity index is 1.86. The van der Waals surface area contributed by atoms with Crippen LogP contribution in [0.25, 0.3) is 0 Å². The lowest BCUT2D eigenvalue weighted by atomic mass is 10.1. The van der Waals surface area contributed by atoms with E-state index in [9.17, 15) is 9.59 Å². The molecule has 1 unspecified atom stereocenters. The van der Waals surface area contributed by atoms with Gasteiger partial charge in [0.25, 0.3) is 5.91 Å². The Morgan fingerprint density at radius 2 is 1.86 bits per heavy atom. The van der Waals surface area contributed by atoms with Crippen LogP contribution in [0.5, 0.6) is 0 Å². The second-order valence-corrected chi connectivity index (χ2v) is 5.59. The molecule has 1 aromatic carbocycles. The lowest BCUT2D eigenvalue weighted by Crippen LogP contribution is -2.40. The van der Waals surface area contributed by atoms with E-state index in [0.29, 0.717) is 5.56 Å². The summed E-state index contributed by atoms with van der Waals surface area (Å²) in [6.45, 7) is 3.67. The maximum atomic E-state index is 12.0. The molecule has 114 valence electrons. The SMILES string of the molecule is CCc1ccc(C(=O)OC(C)C(=O)NC2CCCC2)cc1. The number of rotatable bonds is 5. The van der Waals surface area contributed by atoms with Crippen LogP contribution in [0.4, 0.5) is 0 Å². The second kappa shape index (κ2) is 7.25. The molecule has 1 saturated carbocycles. The van der Waals surface area contributed by atoms with Crippen LogP contribution in [-0.4, -0.2) is 24.0 Å². The van der Waals surface area contributed by atoms with Gasteiger partial charge in [0, 0.05) is 6.04 Å². The Morgan fingerprint density at radius 3 is 2.43 bits per heavy atom. The lowest BCUT2D eigenvalue weighted by molar-refractivity contribution is -0.129. The number of benzene rings is 1. The summed E-state index contributed by atoms with van der Waals surface area (Å²) in [4.78, 5) is 24.0. The molecule has 1 aromatic rings. The predicted molar refractivity (Wildman–Crippen MR) is 81.1 cm³/mol. The number of aryl methyl sites for hydroxylation is 1. The molecule has 0 aromatic heterocycles. The molecule has 21 heavy (non-hydrogen) atoms. The minimum absolute atomic E-state index is 0.208. The summed E-state index contributed by atoms with van der Waals surface area (Å²) in [5.74, 6) is -0.660. The molecule has 1 fully saturated rings. The standard InChI is InChI=1S/C17H23NO3/c1-3-13-8-10-14(11-9-13)17(20)21-12(2)16(19)18-15-6-4-5-7-15/h8-12,15H,3-7H2,1-2H3,(H,18,19). The summed E-state index contributed by atoms with van der Waals surface area (Å²) in [5.41, 5.74) is 1.64. The molecule has 2 rings (SSSR count). The van der Waals surface area contributed by atoms with Crippen molar-refractivity contribution in [3.8, 4) is 0 Å². The third-order valence-electron chi connectivity index (χ3n) is 3.95. The molecule has 1 N–H and O–H groups in total. The van der Waals surface area contributed by atoms with Gasteiger partial charge < -0.3 is 10.1 Å². The van der Waals surface area contributed by atoms with Gasteiger partial charge in [-0.2, -0.15) is 0 Å². The van der Waals surface area contributed by atoms with E-state index in [4.69, 9.17) is 4.74 Å². The van der Waals surface area contributed by atoms with Crippen LogP contribution in [0.2, 0.25) is 0 Å². The lowest BCUT2D eigenvalue weighted by Gasteiger charge is -2.17. The largest absolute Gasteiger partial charge is 0.449 e. The average Bonchev–Trinajstić information content (AvgIpc) is 3.00. The quantitative estimate of drug-likeness (QED) is 0.848. The molecule has 0 heterocycles. The van der Waals surface area contributed by atoms with Crippen molar-refractivity contribution in [3.05, 3.63) is 35.4 Å². The highest BCUT2D eigenvalue weighted by molar-refractivity contribution is 5.92. The van der Waals surface area contributed by atoms with Crippen LogP contribution < -0.4 is 5.32 Å². The van der Waals surface area contributed by atoms with Gasteiger partial charge in [0.05, 0.1) is 5.56 Å². The molecule has 1 aliphatic carbocycles. The van der Waals surface area contributed by atoms with E-state index in [0.717, 1.165) is 32.1 Å². The highest BCUT2D eigenvalue weighted by Gasteiger charge is 2.23. The number of amides is 1. The van der Waals surface area contributed by atoms with Gasteiger partial charge in [-0.15, -0.1) is 0 Å². The van der Waals surface area contributed by atoms with Gasteiger partial charge in [-0.1, -0.05) is 31.9 Å². The maximum absolute atomic E-state index is 12.0. The number of carbonyl (C=O) groups excluding carboxylic acids is 2. The fourth-order valence-electron chi connectivity index (χ4n) is 2.55. The smallest absolute Gasteiger partial charge is 0.338 e. The summed E-state index contributed by atoms with van der Waals surface area (Å²) in [6, 6.07) is 7.52. The van der Waals surface area contributed by atoms with Crippen molar-refractivity contribution < 1.29 is 14.3 Å². The number of ether oxygens (including phenoxy) is 1. The summed E-state index contributed by atoms with van der Waals surface area (Å²) in [5, 5.41) is 2.94. The Hall–Kier alpha value is -1.84. The molecule has 0 radical (unpaired) electrons. The van der Waals surface area contributed by atoms with Crippen LogP contribution in [0.15, 0.2) is 24.3 Å². The molecular formula is C17H23NO3. The molecule has 0 aliphatic heterocycles. The maximum Gasteiger partial charge on any atom is 0.338 e. The van der Waals surface area contributed by atoms with Crippen molar-refractivity contribution in [2.24, 2.45) is 0 Å². The van der Waals surface area contributed by atoms with E-state index < -0.39 is 12.1 Å². The van der Waals surface area contributed by atoms with E-state index >= 15 is 0 Å². The summed E-state index contributed by atoms with van der Waals surface area (Å²) in [7, 11) is 0. The van der Waals surface area contributed by atoms with Gasteiger partial charge >= 0.3 is 5.97 Å². The average molecular weight is 289 g/mol. The number of nitrogens with one attached hydrogen (secondary N) is 1. The van der Waals surface area contributed by atoms with Crippen molar-refractivity contribution in [2.45, 2.75) is 58.1 Å². The molecular weight excluding hydrogens is 266 g/mol. The van der Waals surface area contributed by atoms with Crippen molar-refractivity contribution in [2.75, 3.05) is 0 Å². The Labute approximate surface area is 125 Å². The van der Waals surface area contributed by atoms with Gasteiger partial charge in [0.2, 0.25) is 0 Å². The zero-order valence-electron chi connectivity index (χ0n) is 12.7. The Morgan fingerprint density at radius 1 is 1.24 bits per heavy atom. The fraction of sp³-hybridized carbons (Fsp3) is 0.529. The fourth-order valence-corrected chi connectivity index (χ4v) is 2.55. The molecule has 0 saturated heterocycles. The van der Waals surface area contributed by atoms with Gasteiger partial charge in [-0.3, -0.25) is 4.79 Å². The third kappa shape index (κ3) is 4.31. The van der Waals surface area contributed by atoms with Crippen molar-refractivity contribution in [3.63, 3.8) is 0 Å². The summed E-state index contributed by atoms with van der Waals surface area (Å²) >= 11 is 0. The second-order valence-electron chi connectivity index (χ2n) is 5.59. The van der Waals surface area contributed by atoms with Crippen molar-refractivity contribution in [1.29, 1.82) is 0 Å². The van der Waals surface area contributed by atoms with Gasteiger partial charge in [0.15, 0.2) is 6.10 Å². The van der Waals surface area contributed by atoms with Crippen LogP contribution in [0.1, 0.15) is 55.5 Å². The van der Waals surface area contributed by atoms with E-state index in [2.05, 4.69) is 12.2 Å². The Bertz CT molecular complexity index is 489. The highest BCUT2D eigenvalue weighted by atomic mass is 16.5. The minimum Gasteiger partial charge on any atom is -0.449 e. The number of hydrogen-bond donors (Lipinski definition) is 1. The van der Waals surface area contributed by atoms with E-state index in [1.807, 2.05) is 12.1 Å². The zero-order valence-corrected chi connectivity index (χ0v) is 12.7. The van der Waals surface area contributed by atoms with Gasteiger partial charge in [-0.05, 0) is 43.9 Å². The third-order valence-corrected chi connectivity index (χ3v) is 3.95. The van der Waals surface area contributed by atoms with E-state index in [1.54, 1.807) is 19.1 Å². The molecule has 1 amide bonds. The van der Waals surface area contributed by atoms with Crippen LogP contribution >= 0.6 is 0 Å². The normalized spacial score (nSPS) is 16.5. The van der Waals surface area contributed by atoms with Gasteiger partial charge in [0.1, 0.15) is 0 Å². The summed E-state index contributed by atoms with van der Waals surface area (Å²) < 4.78 is 5.23. The highest BCUT2D eigenvalue weighted by Crippen LogP contribution is 2.18. The number of esters is 1. The first kappa shape index (κ1) is 15.5. The number of hydrogen-bond acceptors (Lipinski definition) is 3. The predicted octanol–water partition coefficient (Wildman–Crippen LogP) is 2.85. The van der Waals surface area contributed by atoms with E-state index in [-0.39, 0.29) is 11.9 Å². The first-order valence-corrected chi connectivity index (χ1v) is 7.70. The summed E-state index contributed by atoms with van der Waals surface area (Å²) in [6.07, 6.45) is 4.51. The van der Waals surface area contributed by atoms with Crippen LogP contribution in [0.3, 0.4) is 0 Å². The van der Waals surface area contributed by atoms with E-state index in [1.165, 1.54) is 5.56 Å². The number of carbonyl (C=O) groups is 2. The molecule has 0 bridgehead atoms. The molecule has 0 spiro atoms. The zero-order chi connectivity index (χ0) is 15.2. The van der Waals surface area contributed by atoms with Crippen LogP contribution in [0, 0.1) is 0 Å². The minimum atomic E-state index is -0.760. The first-order chi connectivity index (χ1) is 10.1. The van der Waals surface area contributed by atoms with Crippen molar-refractivity contribution >= 4 is 11.9 Å². The van der Waals surface area contributed by atoms with Gasteiger partial charge in [-0.25, -0.2) is 4.79 Å². The van der Waals surface area contributed by atoms with Crippen molar-refractivity contribution in [1.82, 2.24) is 5.32 Å². The molecule has 1 atom stereocenters. The monoisotopic (exact) mass is 289 g/mol. The molecule has 4 nitrogen and oxygen atoms in total. The first-order valence-electron chi connectivity index (χ1n) is 7.70.